The summed E-state index contributed by atoms with van der Waals surface area (Å²) in [6.07, 6.45) is 1.97. The van der Waals surface area contributed by atoms with E-state index in [9.17, 15) is 8.78 Å². The fraction of sp³-hybridized carbons (Fsp3) is 0.500. The second-order valence-corrected chi connectivity index (χ2v) is 4.01. The highest BCUT2D eigenvalue weighted by Crippen LogP contribution is 2.28. The Labute approximate surface area is 93.6 Å². The normalized spacial score (nSPS) is 23.9. The number of nitrogens with one attached hydrogen (secondary N) is 1. The van der Waals surface area contributed by atoms with Gasteiger partial charge >= 0.3 is 0 Å². The van der Waals surface area contributed by atoms with Crippen LogP contribution in [0.2, 0.25) is 0 Å². The lowest BCUT2D eigenvalue weighted by molar-refractivity contribution is 0.00293. The van der Waals surface area contributed by atoms with Crippen LogP contribution in [0.15, 0.2) is 18.2 Å². The smallest absolute Gasteiger partial charge is 0.146 e. The van der Waals surface area contributed by atoms with Crippen molar-refractivity contribution in [2.75, 3.05) is 11.9 Å². The third-order valence-electron chi connectivity index (χ3n) is 2.79. The zero-order chi connectivity index (χ0) is 11.5. The maximum Gasteiger partial charge on any atom is 0.146 e. The highest BCUT2D eigenvalue weighted by atomic mass is 19.1. The topological polar surface area (TPSA) is 21.3 Å². The predicted molar refractivity (Wildman–Crippen MR) is 58.4 cm³/mol. The van der Waals surface area contributed by atoms with E-state index >= 15 is 0 Å². The second kappa shape index (κ2) is 4.78. The molecule has 0 unspecified atom stereocenters. The van der Waals surface area contributed by atoms with E-state index in [0.29, 0.717) is 6.61 Å². The number of hydrogen-bond donors (Lipinski definition) is 1. The molecule has 2 nitrogen and oxygen atoms in total. The minimum atomic E-state index is -0.426. The molecule has 0 radical (unpaired) electrons. The summed E-state index contributed by atoms with van der Waals surface area (Å²) in [6, 6.07) is 3.62. The predicted octanol–water partition coefficient (Wildman–Crippen LogP) is 2.94. The Hall–Kier alpha value is -1.16. The molecule has 1 aliphatic carbocycles. The average Bonchev–Trinajstić information content (AvgIpc) is 2.20. The fourth-order valence-corrected chi connectivity index (χ4v) is 1.88. The van der Waals surface area contributed by atoms with Gasteiger partial charge < -0.3 is 10.1 Å². The number of halogens is 2. The highest BCUT2D eigenvalue weighted by Gasteiger charge is 2.29. The number of hydrogen-bond acceptors (Lipinski definition) is 2. The molecule has 0 amide bonds. The molecular weight excluding hydrogens is 212 g/mol. The van der Waals surface area contributed by atoms with E-state index in [0.717, 1.165) is 25.0 Å². The van der Waals surface area contributed by atoms with Crippen molar-refractivity contribution in [3.8, 4) is 0 Å². The Morgan fingerprint density at radius 3 is 2.81 bits per heavy atom. The van der Waals surface area contributed by atoms with E-state index in [1.54, 1.807) is 0 Å². The van der Waals surface area contributed by atoms with Crippen LogP contribution in [0.3, 0.4) is 0 Å². The zero-order valence-corrected chi connectivity index (χ0v) is 9.17. The lowest BCUT2D eigenvalue weighted by atomic mass is 9.89. The molecule has 1 fully saturated rings. The van der Waals surface area contributed by atoms with Gasteiger partial charge in [0.15, 0.2) is 0 Å². The van der Waals surface area contributed by atoms with Crippen LogP contribution in [-0.4, -0.2) is 18.8 Å². The first-order valence-corrected chi connectivity index (χ1v) is 5.52. The molecule has 16 heavy (non-hydrogen) atoms. The molecule has 0 heterocycles. The van der Waals surface area contributed by atoms with Gasteiger partial charge in [0, 0.05) is 12.6 Å². The molecule has 1 aliphatic rings. The first-order valence-electron chi connectivity index (χ1n) is 5.52. The van der Waals surface area contributed by atoms with E-state index in [1.165, 1.54) is 6.07 Å². The summed E-state index contributed by atoms with van der Waals surface area (Å²) in [5.74, 6) is -0.842. The van der Waals surface area contributed by atoms with E-state index in [4.69, 9.17) is 4.74 Å². The summed E-state index contributed by atoms with van der Waals surface area (Å²) in [4.78, 5) is 0. The third-order valence-corrected chi connectivity index (χ3v) is 2.79. The number of anilines is 1. The lowest BCUT2D eigenvalue weighted by Gasteiger charge is -2.36. The molecule has 0 spiro atoms. The van der Waals surface area contributed by atoms with E-state index in [-0.39, 0.29) is 17.8 Å². The van der Waals surface area contributed by atoms with E-state index < -0.39 is 11.6 Å². The van der Waals surface area contributed by atoms with Gasteiger partial charge in [-0.3, -0.25) is 0 Å². The molecule has 4 heteroatoms. The molecule has 1 aromatic rings. The third kappa shape index (κ3) is 2.50. The van der Waals surface area contributed by atoms with Crippen LogP contribution in [0, 0.1) is 11.6 Å². The highest BCUT2D eigenvalue weighted by molar-refractivity contribution is 5.46. The van der Waals surface area contributed by atoms with Crippen molar-refractivity contribution >= 4 is 5.69 Å². The number of ether oxygens (including phenoxy) is 1. The Morgan fingerprint density at radius 1 is 1.38 bits per heavy atom. The van der Waals surface area contributed by atoms with Crippen molar-refractivity contribution in [1.29, 1.82) is 0 Å². The summed E-state index contributed by atoms with van der Waals surface area (Å²) < 4.78 is 31.6. The van der Waals surface area contributed by atoms with Gasteiger partial charge in [0.05, 0.1) is 11.8 Å². The minimum absolute atomic E-state index is 0.188. The molecule has 1 aromatic carbocycles. The van der Waals surface area contributed by atoms with Crippen LogP contribution < -0.4 is 5.32 Å². The van der Waals surface area contributed by atoms with Crippen LogP contribution in [0.25, 0.3) is 0 Å². The van der Waals surface area contributed by atoms with Gasteiger partial charge in [0.1, 0.15) is 11.6 Å². The molecule has 0 saturated heterocycles. The molecule has 0 aromatic heterocycles. The lowest BCUT2D eigenvalue weighted by Crippen LogP contribution is -2.41. The van der Waals surface area contributed by atoms with Crippen LogP contribution in [0.4, 0.5) is 14.5 Å². The Bertz CT molecular complexity index is 364. The van der Waals surface area contributed by atoms with Crippen molar-refractivity contribution in [2.24, 2.45) is 0 Å². The minimum Gasteiger partial charge on any atom is -0.380 e. The van der Waals surface area contributed by atoms with Gasteiger partial charge in [-0.1, -0.05) is 0 Å². The Kier molecular flexibility index (Phi) is 3.39. The first-order chi connectivity index (χ1) is 7.69. The molecule has 0 aliphatic heterocycles. The SMILES string of the molecule is CCOC1CC(Nc2cc(F)ccc2F)C1. The van der Waals surface area contributed by atoms with Crippen molar-refractivity contribution in [2.45, 2.75) is 31.9 Å². The van der Waals surface area contributed by atoms with Crippen molar-refractivity contribution in [1.82, 2.24) is 0 Å². The molecular formula is C12H15F2NO. The quantitative estimate of drug-likeness (QED) is 0.853. The van der Waals surface area contributed by atoms with Gasteiger partial charge in [-0.25, -0.2) is 8.78 Å². The summed E-state index contributed by atoms with van der Waals surface area (Å²) in [5, 5.41) is 2.98. The van der Waals surface area contributed by atoms with Crippen molar-refractivity contribution in [3.05, 3.63) is 29.8 Å². The van der Waals surface area contributed by atoms with Crippen molar-refractivity contribution in [3.63, 3.8) is 0 Å². The van der Waals surface area contributed by atoms with E-state index in [2.05, 4.69) is 5.32 Å². The van der Waals surface area contributed by atoms with Crippen LogP contribution in [0.5, 0.6) is 0 Å². The van der Waals surface area contributed by atoms with Gasteiger partial charge in [0.25, 0.3) is 0 Å². The van der Waals surface area contributed by atoms with Gasteiger partial charge in [-0.05, 0) is 38.0 Å². The van der Waals surface area contributed by atoms with E-state index in [1.807, 2.05) is 6.92 Å². The monoisotopic (exact) mass is 227 g/mol. The average molecular weight is 227 g/mol. The summed E-state index contributed by atoms with van der Waals surface area (Å²) >= 11 is 0. The number of rotatable bonds is 4. The molecule has 88 valence electrons. The summed E-state index contributed by atoms with van der Waals surface area (Å²) in [6.45, 7) is 2.65. The maximum absolute atomic E-state index is 13.3. The van der Waals surface area contributed by atoms with Gasteiger partial charge in [0.2, 0.25) is 0 Å². The van der Waals surface area contributed by atoms with Crippen LogP contribution in [-0.2, 0) is 4.74 Å². The maximum atomic E-state index is 13.3. The standard InChI is InChI=1S/C12H15F2NO/c1-2-16-10-6-9(7-10)15-12-5-8(13)3-4-11(12)14/h3-5,9-10,15H,2,6-7H2,1H3. The molecule has 0 bridgehead atoms. The zero-order valence-electron chi connectivity index (χ0n) is 9.17. The van der Waals surface area contributed by atoms with Gasteiger partial charge in [-0.2, -0.15) is 0 Å². The Morgan fingerprint density at radius 2 is 2.12 bits per heavy atom. The molecule has 1 saturated carbocycles. The van der Waals surface area contributed by atoms with Crippen molar-refractivity contribution < 1.29 is 13.5 Å². The second-order valence-electron chi connectivity index (χ2n) is 4.01. The fourth-order valence-electron chi connectivity index (χ4n) is 1.88. The molecule has 1 N–H and O–H groups in total. The Balaban J connectivity index is 1.89. The van der Waals surface area contributed by atoms with Crippen LogP contribution in [0.1, 0.15) is 19.8 Å². The summed E-state index contributed by atoms with van der Waals surface area (Å²) in [5.41, 5.74) is 0.236. The molecule has 2 rings (SSSR count). The first kappa shape index (κ1) is 11.3. The molecule has 0 atom stereocenters. The summed E-state index contributed by atoms with van der Waals surface area (Å²) in [7, 11) is 0. The van der Waals surface area contributed by atoms with Gasteiger partial charge in [-0.15, -0.1) is 0 Å². The largest absolute Gasteiger partial charge is 0.380 e. The number of benzene rings is 1. The van der Waals surface area contributed by atoms with Crippen LogP contribution >= 0.6 is 0 Å².